The second kappa shape index (κ2) is 5.84. The van der Waals surface area contributed by atoms with Crippen molar-refractivity contribution in [3.05, 3.63) is 0 Å². The van der Waals surface area contributed by atoms with Crippen molar-refractivity contribution < 1.29 is 0 Å². The van der Waals surface area contributed by atoms with Gasteiger partial charge in [0.15, 0.2) is 0 Å². The van der Waals surface area contributed by atoms with Crippen molar-refractivity contribution >= 4 is 11.8 Å². The fraction of sp³-hybridized carbons (Fsp3) is 1.00. The molecule has 1 rings (SSSR count). The molecule has 0 atom stereocenters. The van der Waals surface area contributed by atoms with Gasteiger partial charge in [-0.3, -0.25) is 4.90 Å². The van der Waals surface area contributed by atoms with Crippen LogP contribution >= 0.6 is 11.8 Å². The number of hydrogen-bond acceptors (Lipinski definition) is 3. The first-order valence-electron chi connectivity index (χ1n) is 4.82. The third kappa shape index (κ3) is 2.96. The summed E-state index contributed by atoms with van der Waals surface area (Å²) in [5, 5.41) is 3.33. The van der Waals surface area contributed by atoms with E-state index in [9.17, 15) is 0 Å². The van der Waals surface area contributed by atoms with Gasteiger partial charge in [0, 0.05) is 31.4 Å². The van der Waals surface area contributed by atoms with E-state index in [4.69, 9.17) is 0 Å². The molecule has 0 amide bonds. The number of rotatable bonds is 6. The second-order valence-electron chi connectivity index (χ2n) is 3.34. The Hall–Kier alpha value is 0.270. The Morgan fingerprint density at radius 1 is 1.42 bits per heavy atom. The molecule has 12 heavy (non-hydrogen) atoms. The van der Waals surface area contributed by atoms with Gasteiger partial charge in [-0.25, -0.2) is 0 Å². The molecule has 3 heteroatoms. The molecule has 1 N–H and O–H groups in total. The minimum absolute atomic E-state index is 0.831. The Kier molecular flexibility index (Phi) is 5.04. The highest BCUT2D eigenvalue weighted by molar-refractivity contribution is 7.98. The Morgan fingerprint density at radius 2 is 2.17 bits per heavy atom. The summed E-state index contributed by atoms with van der Waals surface area (Å²) in [6.45, 7) is 7.20. The summed E-state index contributed by atoms with van der Waals surface area (Å²) in [5.74, 6) is 1.27. The fourth-order valence-corrected chi connectivity index (χ4v) is 1.92. The van der Waals surface area contributed by atoms with Crippen LogP contribution in [0.2, 0.25) is 0 Å². The average molecular weight is 188 g/mol. The lowest BCUT2D eigenvalue weighted by Crippen LogP contribution is -2.57. The maximum absolute atomic E-state index is 3.33. The standard InChI is InChI=1S/C9H20N2S/c1-3-4-11(5-6-12-2)9-7-10-8-9/h9-10H,3-8H2,1-2H3. The lowest BCUT2D eigenvalue weighted by Gasteiger charge is -2.38. The Bertz CT molecular complexity index is 115. The molecule has 0 saturated carbocycles. The zero-order valence-corrected chi connectivity index (χ0v) is 8.99. The predicted octanol–water partition coefficient (Wildman–Crippen LogP) is 1.03. The van der Waals surface area contributed by atoms with Crippen LogP contribution in [0.15, 0.2) is 0 Å². The van der Waals surface area contributed by atoms with E-state index < -0.39 is 0 Å². The van der Waals surface area contributed by atoms with Crippen molar-refractivity contribution in [2.75, 3.05) is 38.2 Å². The van der Waals surface area contributed by atoms with Gasteiger partial charge in [0.25, 0.3) is 0 Å². The maximum Gasteiger partial charge on any atom is 0.0345 e. The molecule has 0 spiro atoms. The summed E-state index contributed by atoms with van der Waals surface area (Å²) in [5.41, 5.74) is 0. The average Bonchev–Trinajstić information content (AvgIpc) is 1.97. The van der Waals surface area contributed by atoms with E-state index >= 15 is 0 Å². The summed E-state index contributed by atoms with van der Waals surface area (Å²) in [6, 6.07) is 0.831. The van der Waals surface area contributed by atoms with E-state index in [1.807, 2.05) is 11.8 Å². The van der Waals surface area contributed by atoms with Crippen LogP contribution in [0, 0.1) is 0 Å². The van der Waals surface area contributed by atoms with E-state index in [2.05, 4.69) is 23.4 Å². The van der Waals surface area contributed by atoms with Crippen molar-refractivity contribution in [2.45, 2.75) is 19.4 Å². The van der Waals surface area contributed by atoms with E-state index in [1.54, 1.807) is 0 Å². The van der Waals surface area contributed by atoms with Crippen LogP contribution in [-0.2, 0) is 0 Å². The Labute approximate surface area is 80.1 Å². The van der Waals surface area contributed by atoms with Crippen molar-refractivity contribution in [1.82, 2.24) is 10.2 Å². The van der Waals surface area contributed by atoms with Gasteiger partial charge in [-0.05, 0) is 19.2 Å². The molecular weight excluding hydrogens is 168 g/mol. The molecule has 0 radical (unpaired) electrons. The third-order valence-corrected chi connectivity index (χ3v) is 2.96. The molecule has 1 aliphatic rings. The summed E-state index contributed by atoms with van der Waals surface area (Å²) in [6.07, 6.45) is 3.47. The molecule has 0 unspecified atom stereocenters. The Morgan fingerprint density at radius 3 is 2.58 bits per heavy atom. The number of nitrogens with zero attached hydrogens (tertiary/aromatic N) is 1. The van der Waals surface area contributed by atoms with Gasteiger partial charge in [-0.1, -0.05) is 6.92 Å². The highest BCUT2D eigenvalue weighted by Crippen LogP contribution is 2.07. The first kappa shape index (κ1) is 10.4. The van der Waals surface area contributed by atoms with Crippen LogP contribution in [-0.4, -0.2) is 49.1 Å². The smallest absolute Gasteiger partial charge is 0.0345 e. The van der Waals surface area contributed by atoms with Gasteiger partial charge in [0.05, 0.1) is 0 Å². The first-order valence-corrected chi connectivity index (χ1v) is 6.21. The monoisotopic (exact) mass is 188 g/mol. The first-order chi connectivity index (χ1) is 5.88. The zero-order valence-electron chi connectivity index (χ0n) is 8.18. The molecule has 0 bridgehead atoms. The van der Waals surface area contributed by atoms with Gasteiger partial charge >= 0.3 is 0 Å². The summed E-state index contributed by atoms with van der Waals surface area (Å²) in [7, 11) is 0. The fourth-order valence-electron chi connectivity index (χ4n) is 1.50. The molecule has 2 nitrogen and oxygen atoms in total. The highest BCUT2D eigenvalue weighted by atomic mass is 32.2. The molecule has 0 aromatic rings. The van der Waals surface area contributed by atoms with Gasteiger partial charge in [-0.15, -0.1) is 0 Å². The van der Waals surface area contributed by atoms with Crippen LogP contribution < -0.4 is 5.32 Å². The van der Waals surface area contributed by atoms with Crippen molar-refractivity contribution in [3.8, 4) is 0 Å². The molecule has 0 aromatic carbocycles. The number of hydrogen-bond donors (Lipinski definition) is 1. The van der Waals surface area contributed by atoms with E-state index in [0.29, 0.717) is 0 Å². The molecule has 1 fully saturated rings. The molecule has 1 saturated heterocycles. The second-order valence-corrected chi connectivity index (χ2v) is 4.33. The molecule has 0 aromatic heterocycles. The van der Waals surface area contributed by atoms with Crippen molar-refractivity contribution in [2.24, 2.45) is 0 Å². The quantitative estimate of drug-likeness (QED) is 0.670. The predicted molar refractivity (Wildman–Crippen MR) is 56.9 cm³/mol. The van der Waals surface area contributed by atoms with Crippen LogP contribution in [0.3, 0.4) is 0 Å². The summed E-state index contributed by atoms with van der Waals surface area (Å²) in [4.78, 5) is 2.62. The SMILES string of the molecule is CCCN(CCSC)C1CNC1. The summed E-state index contributed by atoms with van der Waals surface area (Å²) >= 11 is 1.95. The minimum Gasteiger partial charge on any atom is -0.314 e. The van der Waals surface area contributed by atoms with Crippen LogP contribution in [0.25, 0.3) is 0 Å². The molecule has 72 valence electrons. The normalized spacial score (nSPS) is 18.2. The molecule has 1 aliphatic heterocycles. The van der Waals surface area contributed by atoms with Gasteiger partial charge < -0.3 is 5.32 Å². The Balaban J connectivity index is 2.17. The van der Waals surface area contributed by atoms with Gasteiger partial charge in [0.1, 0.15) is 0 Å². The van der Waals surface area contributed by atoms with Crippen molar-refractivity contribution in [3.63, 3.8) is 0 Å². The molecular formula is C9H20N2S. The number of nitrogens with one attached hydrogen (secondary N) is 1. The highest BCUT2D eigenvalue weighted by Gasteiger charge is 2.22. The van der Waals surface area contributed by atoms with Crippen LogP contribution in [0.1, 0.15) is 13.3 Å². The maximum atomic E-state index is 3.33. The summed E-state index contributed by atoms with van der Waals surface area (Å²) < 4.78 is 0. The van der Waals surface area contributed by atoms with Gasteiger partial charge in [-0.2, -0.15) is 11.8 Å². The molecule has 1 heterocycles. The van der Waals surface area contributed by atoms with E-state index in [0.717, 1.165) is 6.04 Å². The number of thioether (sulfide) groups is 1. The van der Waals surface area contributed by atoms with Crippen molar-refractivity contribution in [1.29, 1.82) is 0 Å². The lowest BCUT2D eigenvalue weighted by molar-refractivity contribution is 0.154. The van der Waals surface area contributed by atoms with E-state index in [1.165, 1.54) is 38.4 Å². The molecule has 0 aliphatic carbocycles. The van der Waals surface area contributed by atoms with Crippen LogP contribution in [0.5, 0.6) is 0 Å². The van der Waals surface area contributed by atoms with Gasteiger partial charge in [0.2, 0.25) is 0 Å². The van der Waals surface area contributed by atoms with Crippen LogP contribution in [0.4, 0.5) is 0 Å². The van der Waals surface area contributed by atoms with E-state index in [-0.39, 0.29) is 0 Å². The zero-order chi connectivity index (χ0) is 8.81. The topological polar surface area (TPSA) is 15.3 Å². The third-order valence-electron chi connectivity index (χ3n) is 2.37. The minimum atomic E-state index is 0.831. The largest absolute Gasteiger partial charge is 0.314 e. The lowest BCUT2D eigenvalue weighted by atomic mass is 10.1.